The molecule has 23 heavy (non-hydrogen) atoms. The van der Waals surface area contributed by atoms with E-state index in [2.05, 4.69) is 5.32 Å². The van der Waals surface area contributed by atoms with Crippen LogP contribution >= 0.6 is 0 Å². The summed E-state index contributed by atoms with van der Waals surface area (Å²) in [5.74, 6) is -0.436. The maximum absolute atomic E-state index is 12.2. The van der Waals surface area contributed by atoms with Gasteiger partial charge in [0.15, 0.2) is 0 Å². The van der Waals surface area contributed by atoms with Gasteiger partial charge >= 0.3 is 5.97 Å². The van der Waals surface area contributed by atoms with Crippen molar-refractivity contribution < 1.29 is 14.5 Å². The lowest BCUT2D eigenvalue weighted by molar-refractivity contribution is -0.384. The minimum Gasteiger partial charge on any atom is -0.464 e. The summed E-state index contributed by atoms with van der Waals surface area (Å²) >= 11 is 0. The molecule has 0 amide bonds. The number of rotatable bonds is 7. The molecule has 0 heterocycles. The molecule has 2 aromatic carbocycles. The SMILES string of the molecule is CCOC(=O)C(Cc1ccccc1)Nc1ccccc1[N+](=O)[O-]. The Labute approximate surface area is 134 Å². The average molecular weight is 314 g/mol. The van der Waals surface area contributed by atoms with Gasteiger partial charge in [0.2, 0.25) is 0 Å². The van der Waals surface area contributed by atoms with Crippen molar-refractivity contribution in [3.8, 4) is 0 Å². The van der Waals surface area contributed by atoms with Gasteiger partial charge in [-0.05, 0) is 18.6 Å². The van der Waals surface area contributed by atoms with Crippen LogP contribution in [-0.4, -0.2) is 23.5 Å². The van der Waals surface area contributed by atoms with Gasteiger partial charge in [-0.2, -0.15) is 0 Å². The maximum atomic E-state index is 12.2. The molecule has 120 valence electrons. The van der Waals surface area contributed by atoms with Crippen molar-refractivity contribution in [2.75, 3.05) is 11.9 Å². The van der Waals surface area contributed by atoms with Crippen LogP contribution in [0.2, 0.25) is 0 Å². The number of nitrogens with one attached hydrogen (secondary N) is 1. The number of nitro benzene ring substituents is 1. The van der Waals surface area contributed by atoms with Gasteiger partial charge in [0.1, 0.15) is 11.7 Å². The Morgan fingerprint density at radius 2 is 1.83 bits per heavy atom. The molecule has 0 radical (unpaired) electrons. The Hall–Kier alpha value is -2.89. The first-order chi connectivity index (χ1) is 11.1. The van der Waals surface area contributed by atoms with Gasteiger partial charge in [-0.15, -0.1) is 0 Å². The maximum Gasteiger partial charge on any atom is 0.328 e. The highest BCUT2D eigenvalue weighted by Gasteiger charge is 2.23. The zero-order valence-electron chi connectivity index (χ0n) is 12.8. The van der Waals surface area contributed by atoms with Crippen molar-refractivity contribution in [2.24, 2.45) is 0 Å². The lowest BCUT2D eigenvalue weighted by Crippen LogP contribution is -2.33. The number of benzene rings is 2. The molecule has 2 aromatic rings. The van der Waals surface area contributed by atoms with Gasteiger partial charge in [-0.3, -0.25) is 10.1 Å². The molecular weight excluding hydrogens is 296 g/mol. The van der Waals surface area contributed by atoms with Crippen molar-refractivity contribution in [2.45, 2.75) is 19.4 Å². The van der Waals surface area contributed by atoms with Crippen LogP contribution in [0.4, 0.5) is 11.4 Å². The summed E-state index contributed by atoms with van der Waals surface area (Å²) in [4.78, 5) is 22.8. The monoisotopic (exact) mass is 314 g/mol. The van der Waals surface area contributed by atoms with E-state index in [-0.39, 0.29) is 12.3 Å². The van der Waals surface area contributed by atoms with Crippen molar-refractivity contribution in [1.29, 1.82) is 0 Å². The van der Waals surface area contributed by atoms with Gasteiger partial charge in [-0.25, -0.2) is 4.79 Å². The molecule has 0 saturated carbocycles. The number of carbonyl (C=O) groups excluding carboxylic acids is 1. The fourth-order valence-electron chi connectivity index (χ4n) is 2.23. The summed E-state index contributed by atoms with van der Waals surface area (Å²) in [6.45, 7) is 1.98. The van der Waals surface area contributed by atoms with E-state index >= 15 is 0 Å². The molecule has 0 aliphatic rings. The molecule has 1 unspecified atom stereocenters. The summed E-state index contributed by atoms with van der Waals surface area (Å²) in [6, 6.07) is 15.0. The molecule has 6 heteroatoms. The van der Waals surface area contributed by atoms with E-state index in [1.165, 1.54) is 6.07 Å². The number of ether oxygens (including phenoxy) is 1. The number of hydrogen-bond acceptors (Lipinski definition) is 5. The summed E-state index contributed by atoms with van der Waals surface area (Å²) in [5, 5.41) is 14.1. The smallest absolute Gasteiger partial charge is 0.328 e. The summed E-state index contributed by atoms with van der Waals surface area (Å²) in [5.41, 5.74) is 1.16. The molecule has 6 nitrogen and oxygen atoms in total. The third-order valence-electron chi connectivity index (χ3n) is 3.28. The summed E-state index contributed by atoms with van der Waals surface area (Å²) in [7, 11) is 0. The first kappa shape index (κ1) is 16.5. The van der Waals surface area contributed by atoms with Crippen LogP contribution in [0.1, 0.15) is 12.5 Å². The Bertz CT molecular complexity index is 673. The molecule has 0 bridgehead atoms. The minimum absolute atomic E-state index is 0.0742. The molecule has 0 aromatic heterocycles. The van der Waals surface area contributed by atoms with Crippen molar-refractivity contribution in [1.82, 2.24) is 0 Å². The fourth-order valence-corrected chi connectivity index (χ4v) is 2.23. The predicted molar refractivity (Wildman–Crippen MR) is 87.3 cm³/mol. The van der Waals surface area contributed by atoms with E-state index in [9.17, 15) is 14.9 Å². The van der Waals surface area contributed by atoms with Crippen LogP contribution in [0.5, 0.6) is 0 Å². The molecular formula is C17H18N2O4. The molecule has 0 fully saturated rings. The van der Waals surface area contributed by atoms with Gasteiger partial charge in [-0.1, -0.05) is 42.5 Å². The van der Waals surface area contributed by atoms with E-state index in [4.69, 9.17) is 4.74 Å². The number of nitrogens with zero attached hydrogens (tertiary/aromatic N) is 1. The second-order valence-electron chi connectivity index (χ2n) is 4.91. The summed E-state index contributed by atoms with van der Waals surface area (Å²) in [6.07, 6.45) is 0.381. The second kappa shape index (κ2) is 7.93. The Morgan fingerprint density at radius 3 is 2.48 bits per heavy atom. The van der Waals surface area contributed by atoms with Crippen molar-refractivity contribution >= 4 is 17.3 Å². The van der Waals surface area contributed by atoms with Crippen LogP contribution in [0, 0.1) is 10.1 Å². The third-order valence-corrected chi connectivity index (χ3v) is 3.28. The number of nitro groups is 1. The van der Waals surface area contributed by atoms with Crippen LogP contribution in [-0.2, 0) is 16.0 Å². The molecule has 2 rings (SSSR count). The van der Waals surface area contributed by atoms with E-state index < -0.39 is 16.9 Å². The number of esters is 1. The Balaban J connectivity index is 2.24. The molecule has 1 N–H and O–H groups in total. The highest BCUT2D eigenvalue weighted by Crippen LogP contribution is 2.24. The van der Waals surface area contributed by atoms with Gasteiger partial charge in [0.05, 0.1) is 11.5 Å². The van der Waals surface area contributed by atoms with Crippen LogP contribution < -0.4 is 5.32 Å². The quantitative estimate of drug-likeness (QED) is 0.482. The molecule has 0 aliphatic carbocycles. The van der Waals surface area contributed by atoms with Crippen LogP contribution in [0.3, 0.4) is 0 Å². The van der Waals surface area contributed by atoms with Crippen molar-refractivity contribution in [3.05, 3.63) is 70.3 Å². The highest BCUT2D eigenvalue weighted by molar-refractivity contribution is 5.81. The summed E-state index contributed by atoms with van der Waals surface area (Å²) < 4.78 is 5.08. The molecule has 1 atom stereocenters. The molecule has 0 saturated heterocycles. The van der Waals surface area contributed by atoms with E-state index in [0.29, 0.717) is 12.1 Å². The Kier molecular flexibility index (Phi) is 5.68. The molecule has 0 spiro atoms. The van der Waals surface area contributed by atoms with Gasteiger partial charge in [0.25, 0.3) is 5.69 Å². The number of para-hydroxylation sites is 2. The first-order valence-corrected chi connectivity index (χ1v) is 7.32. The fraction of sp³-hybridized carbons (Fsp3) is 0.235. The largest absolute Gasteiger partial charge is 0.464 e. The Morgan fingerprint density at radius 1 is 1.17 bits per heavy atom. The minimum atomic E-state index is -0.696. The molecule has 0 aliphatic heterocycles. The third kappa shape index (κ3) is 4.54. The predicted octanol–water partition coefficient (Wildman–Crippen LogP) is 3.18. The second-order valence-corrected chi connectivity index (χ2v) is 4.91. The lowest BCUT2D eigenvalue weighted by Gasteiger charge is -2.18. The van der Waals surface area contributed by atoms with Gasteiger partial charge < -0.3 is 10.1 Å². The van der Waals surface area contributed by atoms with Crippen molar-refractivity contribution in [3.63, 3.8) is 0 Å². The van der Waals surface area contributed by atoms with E-state index in [1.54, 1.807) is 25.1 Å². The van der Waals surface area contributed by atoms with Crippen LogP contribution in [0.15, 0.2) is 54.6 Å². The normalized spacial score (nSPS) is 11.5. The lowest BCUT2D eigenvalue weighted by atomic mass is 10.1. The number of carbonyl (C=O) groups is 1. The zero-order chi connectivity index (χ0) is 16.7. The topological polar surface area (TPSA) is 81.5 Å². The number of anilines is 1. The first-order valence-electron chi connectivity index (χ1n) is 7.32. The zero-order valence-corrected chi connectivity index (χ0v) is 12.8. The standard InChI is InChI=1S/C17H18N2O4/c1-2-23-17(20)15(12-13-8-4-3-5-9-13)18-14-10-6-7-11-16(14)19(21)22/h3-11,15,18H,2,12H2,1H3. The van der Waals surface area contributed by atoms with E-state index in [0.717, 1.165) is 5.56 Å². The average Bonchev–Trinajstić information content (AvgIpc) is 2.55. The highest BCUT2D eigenvalue weighted by atomic mass is 16.6. The van der Waals surface area contributed by atoms with E-state index in [1.807, 2.05) is 30.3 Å². The number of hydrogen-bond donors (Lipinski definition) is 1. The van der Waals surface area contributed by atoms with Gasteiger partial charge in [0, 0.05) is 12.5 Å². The van der Waals surface area contributed by atoms with Crippen LogP contribution in [0.25, 0.3) is 0 Å².